The van der Waals surface area contributed by atoms with E-state index in [-0.39, 0.29) is 5.97 Å². The van der Waals surface area contributed by atoms with Crippen molar-refractivity contribution in [2.75, 3.05) is 14.2 Å². The molecule has 0 aromatic carbocycles. The Morgan fingerprint density at radius 1 is 1.44 bits per heavy atom. The van der Waals surface area contributed by atoms with Gasteiger partial charge in [-0.05, 0) is 12.1 Å². The van der Waals surface area contributed by atoms with Crippen LogP contribution in [-0.4, -0.2) is 29.7 Å². The Morgan fingerprint density at radius 2 is 2.19 bits per heavy atom. The van der Waals surface area contributed by atoms with Gasteiger partial charge < -0.3 is 14.0 Å². The highest BCUT2D eigenvalue weighted by Gasteiger charge is 2.16. The van der Waals surface area contributed by atoms with Crippen LogP contribution in [0.2, 0.25) is 0 Å². The second kappa shape index (κ2) is 3.84. The molecular formula is C11H12N2O3. The SMILES string of the molecule is COC(=O)c1cc2c(OC)nccc2n1C. The van der Waals surface area contributed by atoms with E-state index in [4.69, 9.17) is 9.47 Å². The summed E-state index contributed by atoms with van der Waals surface area (Å²) in [7, 11) is 4.70. The van der Waals surface area contributed by atoms with Gasteiger partial charge in [0.2, 0.25) is 5.88 Å². The van der Waals surface area contributed by atoms with Gasteiger partial charge in [0.15, 0.2) is 0 Å². The normalized spacial score (nSPS) is 10.4. The van der Waals surface area contributed by atoms with Gasteiger partial charge in [0.1, 0.15) is 5.69 Å². The summed E-state index contributed by atoms with van der Waals surface area (Å²) in [4.78, 5) is 15.6. The van der Waals surface area contributed by atoms with E-state index >= 15 is 0 Å². The summed E-state index contributed by atoms with van der Waals surface area (Å²) in [5.41, 5.74) is 1.36. The van der Waals surface area contributed by atoms with Gasteiger partial charge in [-0.25, -0.2) is 9.78 Å². The molecule has 0 aliphatic carbocycles. The number of methoxy groups -OCH3 is 2. The van der Waals surface area contributed by atoms with E-state index < -0.39 is 0 Å². The molecule has 84 valence electrons. The highest BCUT2D eigenvalue weighted by molar-refractivity contribution is 5.97. The largest absolute Gasteiger partial charge is 0.481 e. The van der Waals surface area contributed by atoms with Crippen LogP contribution < -0.4 is 4.74 Å². The number of ether oxygens (including phenoxy) is 2. The zero-order valence-corrected chi connectivity index (χ0v) is 9.35. The Kier molecular flexibility index (Phi) is 2.52. The van der Waals surface area contributed by atoms with Crippen molar-refractivity contribution < 1.29 is 14.3 Å². The molecule has 5 nitrogen and oxygen atoms in total. The molecule has 0 radical (unpaired) electrons. The lowest BCUT2D eigenvalue weighted by Crippen LogP contribution is -2.06. The van der Waals surface area contributed by atoms with E-state index in [0.717, 1.165) is 10.9 Å². The van der Waals surface area contributed by atoms with Gasteiger partial charge in [-0.3, -0.25) is 0 Å². The quantitative estimate of drug-likeness (QED) is 0.717. The molecule has 0 atom stereocenters. The number of carbonyl (C=O) groups is 1. The van der Waals surface area contributed by atoms with Crippen LogP contribution in [0.15, 0.2) is 18.3 Å². The summed E-state index contributed by atoms with van der Waals surface area (Å²) >= 11 is 0. The van der Waals surface area contributed by atoms with Crippen LogP contribution in [0.5, 0.6) is 5.88 Å². The third-order valence-electron chi connectivity index (χ3n) is 2.52. The van der Waals surface area contributed by atoms with Gasteiger partial charge in [-0.15, -0.1) is 0 Å². The van der Waals surface area contributed by atoms with Crippen molar-refractivity contribution in [1.29, 1.82) is 0 Å². The molecule has 2 heterocycles. The van der Waals surface area contributed by atoms with Gasteiger partial charge in [-0.1, -0.05) is 0 Å². The summed E-state index contributed by atoms with van der Waals surface area (Å²) in [6.07, 6.45) is 1.64. The number of esters is 1. The Bertz CT molecular complexity index is 545. The predicted molar refractivity (Wildman–Crippen MR) is 58.6 cm³/mol. The zero-order chi connectivity index (χ0) is 11.7. The lowest BCUT2D eigenvalue weighted by Gasteiger charge is -2.02. The molecule has 2 rings (SSSR count). The Balaban J connectivity index is 2.72. The number of pyridine rings is 1. The third kappa shape index (κ3) is 1.41. The number of carbonyl (C=O) groups excluding carboxylic acids is 1. The number of hydrogen-bond acceptors (Lipinski definition) is 4. The minimum absolute atomic E-state index is 0.374. The van der Waals surface area contributed by atoms with Crippen LogP contribution in [-0.2, 0) is 11.8 Å². The van der Waals surface area contributed by atoms with Crippen molar-refractivity contribution in [3.8, 4) is 5.88 Å². The van der Waals surface area contributed by atoms with Crippen molar-refractivity contribution in [3.63, 3.8) is 0 Å². The lowest BCUT2D eigenvalue weighted by atomic mass is 10.3. The molecule has 0 bridgehead atoms. The molecule has 2 aromatic rings. The maximum Gasteiger partial charge on any atom is 0.354 e. The number of rotatable bonds is 2. The van der Waals surface area contributed by atoms with Crippen molar-refractivity contribution in [2.45, 2.75) is 0 Å². The summed E-state index contributed by atoms with van der Waals surface area (Å²) in [5, 5.41) is 0.799. The van der Waals surface area contributed by atoms with Gasteiger partial charge in [0.05, 0.1) is 25.1 Å². The van der Waals surface area contributed by atoms with Crippen LogP contribution in [0.4, 0.5) is 0 Å². The predicted octanol–water partition coefficient (Wildman–Crippen LogP) is 1.37. The minimum atomic E-state index is -0.374. The van der Waals surface area contributed by atoms with E-state index in [1.54, 1.807) is 31.0 Å². The van der Waals surface area contributed by atoms with Gasteiger partial charge in [0, 0.05) is 13.2 Å². The standard InChI is InChI=1S/C11H12N2O3/c1-13-8-4-5-12-10(15-2)7(8)6-9(13)11(14)16-3/h4-6H,1-3H3. The highest BCUT2D eigenvalue weighted by atomic mass is 16.5. The Labute approximate surface area is 92.6 Å². The molecule has 0 N–H and O–H groups in total. The van der Waals surface area contributed by atoms with Crippen molar-refractivity contribution in [3.05, 3.63) is 24.0 Å². The topological polar surface area (TPSA) is 53.4 Å². The van der Waals surface area contributed by atoms with E-state index in [0.29, 0.717) is 11.6 Å². The lowest BCUT2D eigenvalue weighted by molar-refractivity contribution is 0.0590. The monoisotopic (exact) mass is 220 g/mol. The molecule has 0 unspecified atom stereocenters. The number of aryl methyl sites for hydroxylation is 1. The van der Waals surface area contributed by atoms with Crippen molar-refractivity contribution in [1.82, 2.24) is 9.55 Å². The zero-order valence-electron chi connectivity index (χ0n) is 9.35. The van der Waals surface area contributed by atoms with Crippen LogP contribution >= 0.6 is 0 Å². The van der Waals surface area contributed by atoms with Crippen LogP contribution in [0.25, 0.3) is 10.9 Å². The fourth-order valence-electron chi connectivity index (χ4n) is 1.70. The minimum Gasteiger partial charge on any atom is -0.481 e. The van der Waals surface area contributed by atoms with E-state index in [1.807, 2.05) is 6.07 Å². The molecule has 0 amide bonds. The smallest absolute Gasteiger partial charge is 0.354 e. The molecule has 0 spiro atoms. The summed E-state index contributed by atoms with van der Waals surface area (Å²) in [6, 6.07) is 3.54. The van der Waals surface area contributed by atoms with Crippen LogP contribution in [0.3, 0.4) is 0 Å². The molecule has 2 aromatic heterocycles. The Hall–Kier alpha value is -2.04. The van der Waals surface area contributed by atoms with Crippen molar-refractivity contribution in [2.24, 2.45) is 7.05 Å². The average molecular weight is 220 g/mol. The fourth-order valence-corrected chi connectivity index (χ4v) is 1.70. The highest BCUT2D eigenvalue weighted by Crippen LogP contribution is 2.25. The van der Waals surface area contributed by atoms with E-state index in [9.17, 15) is 4.79 Å². The molecule has 0 saturated heterocycles. The van der Waals surface area contributed by atoms with E-state index in [1.165, 1.54) is 7.11 Å². The van der Waals surface area contributed by atoms with Gasteiger partial charge in [0.25, 0.3) is 0 Å². The molecular weight excluding hydrogens is 208 g/mol. The first-order valence-corrected chi connectivity index (χ1v) is 4.75. The molecule has 0 saturated carbocycles. The van der Waals surface area contributed by atoms with Gasteiger partial charge in [-0.2, -0.15) is 0 Å². The van der Waals surface area contributed by atoms with Crippen molar-refractivity contribution >= 4 is 16.9 Å². The fraction of sp³-hybridized carbons (Fsp3) is 0.273. The first-order chi connectivity index (χ1) is 7.69. The number of aromatic nitrogens is 2. The average Bonchev–Trinajstić information content (AvgIpc) is 2.66. The summed E-state index contributed by atoms with van der Waals surface area (Å²) < 4.78 is 11.6. The summed E-state index contributed by atoms with van der Waals surface area (Å²) in [6.45, 7) is 0. The molecule has 0 aliphatic rings. The van der Waals surface area contributed by atoms with Crippen LogP contribution in [0, 0.1) is 0 Å². The first kappa shape index (κ1) is 10.5. The second-order valence-corrected chi connectivity index (χ2v) is 3.33. The second-order valence-electron chi connectivity index (χ2n) is 3.33. The third-order valence-corrected chi connectivity index (χ3v) is 2.52. The number of fused-ring (bicyclic) bond motifs is 1. The molecule has 0 aliphatic heterocycles. The molecule has 0 fully saturated rings. The first-order valence-electron chi connectivity index (χ1n) is 4.75. The summed E-state index contributed by atoms with van der Waals surface area (Å²) in [5.74, 6) is 0.129. The maximum absolute atomic E-state index is 11.5. The molecule has 5 heteroatoms. The van der Waals surface area contributed by atoms with Gasteiger partial charge >= 0.3 is 5.97 Å². The molecule has 16 heavy (non-hydrogen) atoms. The number of nitrogens with zero attached hydrogens (tertiary/aromatic N) is 2. The number of hydrogen-bond donors (Lipinski definition) is 0. The Morgan fingerprint density at radius 3 is 2.81 bits per heavy atom. The van der Waals surface area contributed by atoms with Crippen LogP contribution in [0.1, 0.15) is 10.5 Å². The van der Waals surface area contributed by atoms with E-state index in [2.05, 4.69) is 4.98 Å². The maximum atomic E-state index is 11.5.